The summed E-state index contributed by atoms with van der Waals surface area (Å²) >= 11 is 0. The van der Waals surface area contributed by atoms with Crippen molar-refractivity contribution in [1.29, 1.82) is 0 Å². The van der Waals surface area contributed by atoms with E-state index in [1.54, 1.807) is 6.07 Å². The zero-order chi connectivity index (χ0) is 21.1. The molecule has 0 bridgehead atoms. The molecular weight excluding hydrogens is 380 g/mol. The van der Waals surface area contributed by atoms with E-state index in [9.17, 15) is 9.59 Å². The van der Waals surface area contributed by atoms with Crippen molar-refractivity contribution in [3.63, 3.8) is 0 Å². The van der Waals surface area contributed by atoms with Crippen LogP contribution in [0.25, 0.3) is 0 Å². The predicted octanol–water partition coefficient (Wildman–Crippen LogP) is 2.79. The Labute approximate surface area is 177 Å². The zero-order valence-corrected chi connectivity index (χ0v) is 17.4. The first-order chi connectivity index (χ1) is 14.5. The summed E-state index contributed by atoms with van der Waals surface area (Å²) in [6, 6.07) is 11.8. The third kappa shape index (κ3) is 4.73. The van der Waals surface area contributed by atoms with E-state index in [0.717, 1.165) is 37.0 Å². The quantitative estimate of drug-likeness (QED) is 0.731. The van der Waals surface area contributed by atoms with Gasteiger partial charge in [0.1, 0.15) is 5.76 Å². The van der Waals surface area contributed by atoms with E-state index in [4.69, 9.17) is 10.3 Å². The average Bonchev–Trinajstić information content (AvgIpc) is 3.48. The second kappa shape index (κ2) is 9.00. The highest BCUT2D eigenvalue weighted by molar-refractivity contribution is 5.92. The highest BCUT2D eigenvalue weighted by Gasteiger charge is 2.32. The van der Waals surface area contributed by atoms with Crippen molar-refractivity contribution in [2.75, 3.05) is 13.1 Å². The monoisotopic (exact) mass is 410 g/mol. The fraction of sp³-hybridized carbons (Fsp3) is 0.522. The molecule has 1 aromatic carbocycles. The van der Waals surface area contributed by atoms with Gasteiger partial charge >= 0.3 is 0 Å². The Morgan fingerprint density at radius 1 is 1.27 bits per heavy atom. The van der Waals surface area contributed by atoms with E-state index < -0.39 is 0 Å². The molecule has 3 N–H and O–H groups in total. The maximum atomic E-state index is 12.9. The highest BCUT2D eigenvalue weighted by Crippen LogP contribution is 2.40. The molecule has 2 aliphatic rings. The second-order valence-electron chi connectivity index (χ2n) is 8.57. The molecule has 2 amide bonds. The van der Waals surface area contributed by atoms with E-state index in [-0.39, 0.29) is 29.8 Å². The smallest absolute Gasteiger partial charge is 0.273 e. The first kappa shape index (κ1) is 20.6. The lowest BCUT2D eigenvalue weighted by Gasteiger charge is -2.38. The van der Waals surface area contributed by atoms with Crippen LogP contribution in [-0.4, -0.2) is 47.0 Å². The molecule has 7 nitrogen and oxygen atoms in total. The van der Waals surface area contributed by atoms with Gasteiger partial charge in [-0.25, -0.2) is 0 Å². The van der Waals surface area contributed by atoms with Crippen molar-refractivity contribution in [3.8, 4) is 0 Å². The Hall–Kier alpha value is -2.67. The van der Waals surface area contributed by atoms with Gasteiger partial charge in [-0.1, -0.05) is 35.5 Å². The molecule has 3 atom stereocenters. The lowest BCUT2D eigenvalue weighted by molar-refractivity contribution is -0.135. The molecule has 0 spiro atoms. The predicted molar refractivity (Wildman–Crippen MR) is 113 cm³/mol. The molecule has 160 valence electrons. The molecule has 1 saturated heterocycles. The lowest BCUT2D eigenvalue weighted by atomic mass is 9.93. The molecule has 0 radical (unpaired) electrons. The van der Waals surface area contributed by atoms with E-state index in [0.29, 0.717) is 31.1 Å². The van der Waals surface area contributed by atoms with Gasteiger partial charge in [0.25, 0.3) is 5.91 Å². The first-order valence-corrected chi connectivity index (χ1v) is 10.9. The number of piperidine rings is 1. The van der Waals surface area contributed by atoms with Crippen LogP contribution < -0.4 is 11.1 Å². The number of carbonyl (C=O) groups excluding carboxylic acids is 2. The summed E-state index contributed by atoms with van der Waals surface area (Å²) in [4.78, 5) is 27.4. The Morgan fingerprint density at radius 2 is 2.03 bits per heavy atom. The summed E-state index contributed by atoms with van der Waals surface area (Å²) in [6.45, 7) is 3.11. The van der Waals surface area contributed by atoms with E-state index in [1.165, 1.54) is 0 Å². The number of hydrogen-bond donors (Lipinski definition) is 2. The third-order valence-electron chi connectivity index (χ3n) is 6.25. The summed E-state index contributed by atoms with van der Waals surface area (Å²) in [7, 11) is 0. The van der Waals surface area contributed by atoms with Crippen molar-refractivity contribution in [2.45, 2.75) is 62.9 Å². The Morgan fingerprint density at radius 3 is 2.70 bits per heavy atom. The number of nitrogens with two attached hydrogens (primary N) is 1. The molecule has 2 fully saturated rings. The number of rotatable bonds is 7. The molecule has 4 rings (SSSR count). The first-order valence-electron chi connectivity index (χ1n) is 10.9. The normalized spacial score (nSPS) is 22.5. The molecular formula is C23H30N4O3. The number of nitrogens with zero attached hydrogens (tertiary/aromatic N) is 2. The van der Waals surface area contributed by atoms with Gasteiger partial charge in [0, 0.05) is 43.0 Å². The van der Waals surface area contributed by atoms with Gasteiger partial charge in [-0.3, -0.25) is 9.59 Å². The van der Waals surface area contributed by atoms with E-state index in [2.05, 4.69) is 10.5 Å². The average molecular weight is 411 g/mol. The summed E-state index contributed by atoms with van der Waals surface area (Å²) in [5, 5.41) is 6.97. The maximum Gasteiger partial charge on any atom is 0.273 e. The van der Waals surface area contributed by atoms with Gasteiger partial charge < -0.3 is 20.5 Å². The number of carbonyl (C=O) groups is 2. The van der Waals surface area contributed by atoms with Crippen LogP contribution in [0.2, 0.25) is 0 Å². The van der Waals surface area contributed by atoms with Gasteiger partial charge in [0.05, 0.1) is 0 Å². The van der Waals surface area contributed by atoms with Gasteiger partial charge in [0.2, 0.25) is 5.91 Å². The summed E-state index contributed by atoms with van der Waals surface area (Å²) in [6.07, 6.45) is 4.08. The number of hydrogen-bond acceptors (Lipinski definition) is 5. The van der Waals surface area contributed by atoms with Crippen LogP contribution in [0.4, 0.5) is 0 Å². The second-order valence-corrected chi connectivity index (χ2v) is 8.57. The fourth-order valence-electron chi connectivity index (χ4n) is 4.28. The largest absolute Gasteiger partial charge is 0.360 e. The summed E-state index contributed by atoms with van der Waals surface area (Å²) in [5.74, 6) is 1.19. The van der Waals surface area contributed by atoms with Crippen LogP contribution in [0.1, 0.15) is 72.7 Å². The molecule has 1 unspecified atom stereocenters. The number of nitrogens with one attached hydrogen (secondary N) is 1. The number of benzene rings is 1. The maximum absolute atomic E-state index is 12.9. The van der Waals surface area contributed by atoms with E-state index in [1.807, 2.05) is 42.2 Å². The van der Waals surface area contributed by atoms with Gasteiger partial charge in [0.15, 0.2) is 5.69 Å². The van der Waals surface area contributed by atoms with Crippen LogP contribution in [-0.2, 0) is 4.79 Å². The SMILES string of the molecule is C[C@H]1C[C@H](NC(=O)c2cc(C3CC3)on2)CCN1C(=O)CC(CN)c1ccccc1. The molecule has 1 aliphatic heterocycles. The Balaban J connectivity index is 1.29. The number of likely N-dealkylation sites (tertiary alicyclic amines) is 1. The minimum Gasteiger partial charge on any atom is -0.360 e. The Kier molecular flexibility index (Phi) is 6.18. The third-order valence-corrected chi connectivity index (χ3v) is 6.25. The lowest BCUT2D eigenvalue weighted by Crippen LogP contribution is -2.51. The van der Waals surface area contributed by atoms with Crippen molar-refractivity contribution in [2.24, 2.45) is 5.73 Å². The standard InChI is InChI=1S/C23H30N4O3/c1-15-11-19(25-23(29)20-13-21(30-26-20)17-7-8-17)9-10-27(15)22(28)12-18(14-24)16-5-3-2-4-6-16/h2-6,13,15,17-19H,7-12,14,24H2,1H3,(H,25,29)/t15-,18?,19+/m0/s1. The van der Waals surface area contributed by atoms with Crippen LogP contribution in [0.5, 0.6) is 0 Å². The topological polar surface area (TPSA) is 101 Å². The molecule has 30 heavy (non-hydrogen) atoms. The van der Waals surface area contributed by atoms with Crippen LogP contribution in [0.15, 0.2) is 40.9 Å². The highest BCUT2D eigenvalue weighted by atomic mass is 16.5. The van der Waals surface area contributed by atoms with Crippen LogP contribution in [0, 0.1) is 0 Å². The molecule has 2 heterocycles. The Bertz CT molecular complexity index is 878. The minimum atomic E-state index is -0.199. The minimum absolute atomic E-state index is 0.0242. The molecule has 1 aromatic heterocycles. The van der Waals surface area contributed by atoms with Crippen LogP contribution in [0.3, 0.4) is 0 Å². The van der Waals surface area contributed by atoms with Crippen molar-refractivity contribution < 1.29 is 14.1 Å². The summed E-state index contributed by atoms with van der Waals surface area (Å²) < 4.78 is 5.28. The summed E-state index contributed by atoms with van der Waals surface area (Å²) in [5.41, 5.74) is 7.38. The fourth-order valence-corrected chi connectivity index (χ4v) is 4.28. The number of aromatic nitrogens is 1. The molecule has 2 aromatic rings. The van der Waals surface area contributed by atoms with Crippen molar-refractivity contribution in [3.05, 3.63) is 53.4 Å². The molecule has 1 saturated carbocycles. The van der Waals surface area contributed by atoms with Gasteiger partial charge in [-0.15, -0.1) is 0 Å². The van der Waals surface area contributed by atoms with Crippen LogP contribution >= 0.6 is 0 Å². The number of amides is 2. The van der Waals surface area contributed by atoms with Crippen molar-refractivity contribution in [1.82, 2.24) is 15.4 Å². The molecule has 1 aliphatic carbocycles. The zero-order valence-electron chi connectivity index (χ0n) is 17.4. The van der Waals surface area contributed by atoms with Crippen molar-refractivity contribution >= 4 is 11.8 Å². The van der Waals surface area contributed by atoms with Gasteiger partial charge in [-0.2, -0.15) is 0 Å². The van der Waals surface area contributed by atoms with Gasteiger partial charge in [-0.05, 0) is 44.7 Å². The van der Waals surface area contributed by atoms with E-state index >= 15 is 0 Å². The molecule has 7 heteroatoms.